The quantitative estimate of drug-likeness (QED) is 0.537. The van der Waals surface area contributed by atoms with Gasteiger partial charge in [0.1, 0.15) is 0 Å². The van der Waals surface area contributed by atoms with Crippen LogP contribution in [-0.4, -0.2) is 0 Å². The van der Waals surface area contributed by atoms with E-state index < -0.39 is 0 Å². The lowest BCUT2D eigenvalue weighted by atomic mass is 9.97. The fraction of sp³-hybridized carbons (Fsp3) is 0.636. The molecular weight excluding hydrogens is 132 g/mol. The average Bonchev–Trinajstić information content (AvgIpc) is 1.99. The maximum Gasteiger partial charge on any atom is -0.0236 e. The van der Waals surface area contributed by atoms with E-state index in [0.717, 1.165) is 12.3 Å². The Morgan fingerprint density at radius 2 is 1.91 bits per heavy atom. The van der Waals surface area contributed by atoms with Gasteiger partial charge in [0.15, 0.2) is 0 Å². The van der Waals surface area contributed by atoms with Crippen LogP contribution in [0.25, 0.3) is 0 Å². The maximum atomic E-state index is 3.92. The number of rotatable bonds is 4. The van der Waals surface area contributed by atoms with E-state index in [1.165, 1.54) is 5.57 Å². The minimum absolute atomic E-state index is 0.665. The highest BCUT2D eigenvalue weighted by Crippen LogP contribution is 2.12. The Morgan fingerprint density at radius 1 is 1.36 bits per heavy atom. The van der Waals surface area contributed by atoms with Gasteiger partial charge in [-0.1, -0.05) is 52.0 Å². The first-order valence-electron chi connectivity index (χ1n) is 4.43. The summed E-state index contributed by atoms with van der Waals surface area (Å²) in [6.45, 7) is 12.8. The fourth-order valence-corrected chi connectivity index (χ4v) is 0.628. The van der Waals surface area contributed by atoms with Crippen LogP contribution in [0.1, 0.15) is 34.1 Å². The molecular formula is C11H20. The van der Waals surface area contributed by atoms with Gasteiger partial charge in [-0.15, -0.1) is 0 Å². The van der Waals surface area contributed by atoms with Crippen LogP contribution in [0.2, 0.25) is 0 Å². The molecule has 0 radical (unpaired) electrons. The lowest BCUT2D eigenvalue weighted by Crippen LogP contribution is -1.99. The molecule has 0 aromatic carbocycles. The highest BCUT2D eigenvalue weighted by atomic mass is 14.1. The van der Waals surface area contributed by atoms with Crippen molar-refractivity contribution in [3.05, 3.63) is 24.3 Å². The second kappa shape index (κ2) is 5.17. The first-order valence-corrected chi connectivity index (χ1v) is 4.43. The molecule has 0 aromatic rings. The van der Waals surface area contributed by atoms with Crippen molar-refractivity contribution in [3.8, 4) is 0 Å². The molecule has 0 saturated heterocycles. The molecule has 0 rings (SSSR count). The lowest BCUT2D eigenvalue weighted by Gasteiger charge is -2.09. The van der Waals surface area contributed by atoms with E-state index in [1.807, 2.05) is 0 Å². The van der Waals surface area contributed by atoms with Crippen LogP contribution in [0, 0.1) is 11.8 Å². The summed E-state index contributed by atoms with van der Waals surface area (Å²) in [6, 6.07) is 0. The molecule has 0 fully saturated rings. The molecule has 1 unspecified atom stereocenters. The summed E-state index contributed by atoms with van der Waals surface area (Å²) in [5, 5.41) is 0. The zero-order valence-electron chi connectivity index (χ0n) is 8.22. The molecule has 0 aromatic heterocycles. The van der Waals surface area contributed by atoms with Crippen LogP contribution in [0.4, 0.5) is 0 Å². The molecule has 0 bridgehead atoms. The van der Waals surface area contributed by atoms with E-state index in [2.05, 4.69) is 46.4 Å². The number of hydrogen-bond acceptors (Lipinski definition) is 0. The van der Waals surface area contributed by atoms with Crippen LogP contribution in [-0.2, 0) is 0 Å². The Labute approximate surface area is 71.0 Å². The summed E-state index contributed by atoms with van der Waals surface area (Å²) in [6.07, 6.45) is 5.45. The van der Waals surface area contributed by atoms with E-state index in [4.69, 9.17) is 0 Å². The van der Waals surface area contributed by atoms with Crippen molar-refractivity contribution < 1.29 is 0 Å². The molecule has 64 valence electrons. The van der Waals surface area contributed by atoms with Crippen LogP contribution < -0.4 is 0 Å². The Kier molecular flexibility index (Phi) is 4.93. The van der Waals surface area contributed by atoms with Crippen molar-refractivity contribution in [3.63, 3.8) is 0 Å². The van der Waals surface area contributed by atoms with Gasteiger partial charge in [-0.3, -0.25) is 0 Å². The molecule has 0 heterocycles. The van der Waals surface area contributed by atoms with E-state index in [-0.39, 0.29) is 0 Å². The van der Waals surface area contributed by atoms with Gasteiger partial charge in [-0.05, 0) is 18.3 Å². The van der Waals surface area contributed by atoms with Gasteiger partial charge in [0.2, 0.25) is 0 Å². The van der Waals surface area contributed by atoms with Crippen LogP contribution in [0.5, 0.6) is 0 Å². The first-order chi connectivity index (χ1) is 5.07. The highest BCUT2D eigenvalue weighted by Gasteiger charge is 2.00. The van der Waals surface area contributed by atoms with E-state index in [1.54, 1.807) is 0 Å². The molecule has 0 nitrogen and oxygen atoms in total. The normalized spacial score (nSPS) is 14.3. The largest absolute Gasteiger partial charge is 0.0959 e. The fourth-order valence-electron chi connectivity index (χ4n) is 0.628. The highest BCUT2D eigenvalue weighted by molar-refractivity contribution is 5.14. The number of allylic oxidation sites excluding steroid dienone is 3. The van der Waals surface area contributed by atoms with Crippen molar-refractivity contribution >= 4 is 0 Å². The van der Waals surface area contributed by atoms with Crippen molar-refractivity contribution in [2.75, 3.05) is 0 Å². The predicted octanol–water partition coefficient (Wildman–Crippen LogP) is 3.80. The molecule has 0 aliphatic heterocycles. The summed E-state index contributed by atoms with van der Waals surface area (Å²) in [7, 11) is 0. The minimum Gasteiger partial charge on any atom is -0.0959 e. The van der Waals surface area contributed by atoms with Gasteiger partial charge in [0.25, 0.3) is 0 Å². The molecule has 0 N–H and O–H groups in total. The monoisotopic (exact) mass is 152 g/mol. The predicted molar refractivity (Wildman–Crippen MR) is 52.6 cm³/mol. The Morgan fingerprint density at radius 3 is 2.27 bits per heavy atom. The average molecular weight is 152 g/mol. The van der Waals surface area contributed by atoms with E-state index >= 15 is 0 Å². The number of hydrogen-bond donors (Lipinski definition) is 0. The van der Waals surface area contributed by atoms with Gasteiger partial charge in [-0.2, -0.15) is 0 Å². The van der Waals surface area contributed by atoms with E-state index in [9.17, 15) is 0 Å². The standard InChI is InChI=1S/C11H20/c1-6-10(4)7-8-11(5)9(2)3/h7-9,11H,4,6H2,1-3,5H3. The zero-order valence-corrected chi connectivity index (χ0v) is 8.22. The summed E-state index contributed by atoms with van der Waals surface area (Å²) >= 11 is 0. The molecule has 11 heavy (non-hydrogen) atoms. The SMILES string of the molecule is C=C(C=CC(C)C(C)C)CC. The maximum absolute atomic E-state index is 3.92. The van der Waals surface area contributed by atoms with Crippen molar-refractivity contribution in [1.82, 2.24) is 0 Å². The molecule has 0 aliphatic rings. The molecule has 0 heteroatoms. The van der Waals surface area contributed by atoms with Gasteiger partial charge < -0.3 is 0 Å². The summed E-state index contributed by atoms with van der Waals surface area (Å²) in [5.74, 6) is 1.40. The molecule has 0 aliphatic carbocycles. The van der Waals surface area contributed by atoms with Crippen LogP contribution in [0.3, 0.4) is 0 Å². The third kappa shape index (κ3) is 4.83. The summed E-state index contributed by atoms with van der Waals surface area (Å²) < 4.78 is 0. The second-order valence-corrected chi connectivity index (χ2v) is 3.47. The third-order valence-electron chi connectivity index (χ3n) is 2.14. The Hall–Kier alpha value is -0.520. The van der Waals surface area contributed by atoms with E-state index in [0.29, 0.717) is 5.92 Å². The minimum atomic E-state index is 0.665. The van der Waals surface area contributed by atoms with Crippen molar-refractivity contribution in [2.24, 2.45) is 11.8 Å². The molecule has 0 amide bonds. The van der Waals surface area contributed by atoms with Crippen LogP contribution in [0.15, 0.2) is 24.3 Å². The van der Waals surface area contributed by atoms with Crippen LogP contribution >= 0.6 is 0 Å². The molecule has 0 spiro atoms. The Balaban J connectivity index is 3.82. The van der Waals surface area contributed by atoms with Gasteiger partial charge >= 0.3 is 0 Å². The van der Waals surface area contributed by atoms with Crippen molar-refractivity contribution in [2.45, 2.75) is 34.1 Å². The lowest BCUT2D eigenvalue weighted by molar-refractivity contribution is 0.504. The summed E-state index contributed by atoms with van der Waals surface area (Å²) in [4.78, 5) is 0. The summed E-state index contributed by atoms with van der Waals surface area (Å²) in [5.41, 5.74) is 1.22. The third-order valence-corrected chi connectivity index (χ3v) is 2.14. The molecule has 0 saturated carbocycles. The smallest absolute Gasteiger partial charge is 0.0236 e. The topological polar surface area (TPSA) is 0 Å². The van der Waals surface area contributed by atoms with Crippen molar-refractivity contribution in [1.29, 1.82) is 0 Å². The second-order valence-electron chi connectivity index (χ2n) is 3.47. The Bertz CT molecular complexity index is 140. The van der Waals surface area contributed by atoms with Gasteiger partial charge in [-0.25, -0.2) is 0 Å². The first kappa shape index (κ1) is 10.5. The zero-order chi connectivity index (χ0) is 8.85. The van der Waals surface area contributed by atoms with Gasteiger partial charge in [0.05, 0.1) is 0 Å². The van der Waals surface area contributed by atoms with Gasteiger partial charge in [0, 0.05) is 0 Å². The molecule has 1 atom stereocenters.